The van der Waals surface area contributed by atoms with Crippen LogP contribution in [0.5, 0.6) is 0 Å². The van der Waals surface area contributed by atoms with E-state index < -0.39 is 0 Å². The minimum absolute atomic E-state index is 0.606. The van der Waals surface area contributed by atoms with Gasteiger partial charge in [-0.1, -0.05) is 12.1 Å². The number of rotatable bonds is 5. The maximum atomic E-state index is 5.57. The number of nitrogen functional groups attached to an aromatic ring is 1. The smallest absolute Gasteiger partial charge is 0.180 e. The molecule has 17 heavy (non-hydrogen) atoms. The number of methoxy groups -OCH3 is 1. The Hall–Kier alpha value is -1.59. The van der Waals surface area contributed by atoms with Gasteiger partial charge in [0, 0.05) is 23.9 Å². The average molecular weight is 249 g/mol. The molecule has 1 aromatic heterocycles. The molecule has 0 saturated heterocycles. The van der Waals surface area contributed by atoms with Crippen molar-refractivity contribution in [1.82, 2.24) is 4.98 Å². The first kappa shape index (κ1) is 11.9. The fraction of sp³-hybridized carbons (Fsp3) is 0.250. The van der Waals surface area contributed by atoms with Gasteiger partial charge in [0.2, 0.25) is 0 Å². The number of thiazole rings is 1. The van der Waals surface area contributed by atoms with Crippen LogP contribution in [0, 0.1) is 0 Å². The summed E-state index contributed by atoms with van der Waals surface area (Å²) >= 11 is 1.50. The molecule has 2 aromatic rings. The molecule has 2 rings (SSSR count). The quantitative estimate of drug-likeness (QED) is 0.854. The standard InChI is InChI=1S/C12H15N3OS/c1-16-8-9-3-2-4-10(5-9)14-6-11-7-15-12(13)17-11/h2-5,7,14H,6,8H2,1H3,(H2,13,15). The number of nitrogens with one attached hydrogen (secondary N) is 1. The maximum Gasteiger partial charge on any atom is 0.180 e. The number of ether oxygens (including phenoxy) is 1. The van der Waals surface area contributed by atoms with E-state index in [0.717, 1.165) is 22.7 Å². The lowest BCUT2D eigenvalue weighted by Crippen LogP contribution is -1.98. The zero-order chi connectivity index (χ0) is 12.1. The molecule has 3 N–H and O–H groups in total. The predicted molar refractivity (Wildman–Crippen MR) is 71.0 cm³/mol. The van der Waals surface area contributed by atoms with Gasteiger partial charge in [-0.25, -0.2) is 4.98 Å². The van der Waals surface area contributed by atoms with Crippen molar-refractivity contribution in [3.05, 3.63) is 40.9 Å². The molecule has 0 saturated carbocycles. The molecule has 4 nitrogen and oxygen atoms in total. The van der Waals surface area contributed by atoms with E-state index in [4.69, 9.17) is 10.5 Å². The second-order valence-electron chi connectivity index (χ2n) is 3.65. The summed E-state index contributed by atoms with van der Waals surface area (Å²) in [7, 11) is 1.69. The monoisotopic (exact) mass is 249 g/mol. The summed E-state index contributed by atoms with van der Waals surface area (Å²) in [6.45, 7) is 1.37. The summed E-state index contributed by atoms with van der Waals surface area (Å²) in [6, 6.07) is 8.16. The van der Waals surface area contributed by atoms with E-state index in [1.54, 1.807) is 13.3 Å². The largest absolute Gasteiger partial charge is 0.380 e. The van der Waals surface area contributed by atoms with Gasteiger partial charge in [0.25, 0.3) is 0 Å². The van der Waals surface area contributed by atoms with Crippen molar-refractivity contribution in [2.45, 2.75) is 13.2 Å². The molecule has 90 valence electrons. The van der Waals surface area contributed by atoms with Crippen molar-refractivity contribution in [2.75, 3.05) is 18.2 Å². The summed E-state index contributed by atoms with van der Waals surface area (Å²) in [5.41, 5.74) is 7.80. The first-order chi connectivity index (χ1) is 8.28. The van der Waals surface area contributed by atoms with Crippen molar-refractivity contribution in [3.63, 3.8) is 0 Å². The van der Waals surface area contributed by atoms with E-state index in [9.17, 15) is 0 Å². The Morgan fingerprint density at radius 3 is 3.06 bits per heavy atom. The zero-order valence-electron chi connectivity index (χ0n) is 9.64. The molecular weight excluding hydrogens is 234 g/mol. The van der Waals surface area contributed by atoms with Crippen LogP contribution in [-0.2, 0) is 17.9 Å². The van der Waals surface area contributed by atoms with Crippen LogP contribution in [-0.4, -0.2) is 12.1 Å². The number of hydrogen-bond donors (Lipinski definition) is 2. The number of nitrogens with zero attached hydrogens (tertiary/aromatic N) is 1. The van der Waals surface area contributed by atoms with Crippen molar-refractivity contribution < 1.29 is 4.74 Å². The van der Waals surface area contributed by atoms with Gasteiger partial charge in [0.05, 0.1) is 13.2 Å². The van der Waals surface area contributed by atoms with Crippen LogP contribution in [0.15, 0.2) is 30.5 Å². The fourth-order valence-electron chi connectivity index (χ4n) is 1.53. The topological polar surface area (TPSA) is 60.2 Å². The van der Waals surface area contributed by atoms with E-state index >= 15 is 0 Å². The highest BCUT2D eigenvalue weighted by Crippen LogP contribution is 2.17. The molecule has 0 atom stereocenters. The molecule has 0 aliphatic rings. The Balaban J connectivity index is 1.96. The predicted octanol–water partition coefficient (Wildman–Crippen LogP) is 2.48. The second-order valence-corrected chi connectivity index (χ2v) is 4.80. The Labute approximate surface area is 104 Å². The lowest BCUT2D eigenvalue weighted by Gasteiger charge is -2.06. The third kappa shape index (κ3) is 3.44. The fourth-order valence-corrected chi connectivity index (χ4v) is 2.16. The van der Waals surface area contributed by atoms with E-state index in [1.807, 2.05) is 18.2 Å². The number of aromatic nitrogens is 1. The van der Waals surface area contributed by atoms with Gasteiger partial charge in [-0.05, 0) is 17.7 Å². The minimum Gasteiger partial charge on any atom is -0.380 e. The highest BCUT2D eigenvalue weighted by atomic mass is 32.1. The molecule has 0 unspecified atom stereocenters. The molecule has 0 aliphatic carbocycles. The van der Waals surface area contributed by atoms with Crippen LogP contribution < -0.4 is 11.1 Å². The molecule has 1 heterocycles. The molecule has 0 fully saturated rings. The van der Waals surface area contributed by atoms with Crippen molar-refractivity contribution in [3.8, 4) is 0 Å². The third-order valence-electron chi connectivity index (χ3n) is 2.28. The van der Waals surface area contributed by atoms with Crippen LogP contribution in [0.1, 0.15) is 10.4 Å². The van der Waals surface area contributed by atoms with Gasteiger partial charge in [-0.2, -0.15) is 0 Å². The second kappa shape index (κ2) is 5.65. The van der Waals surface area contributed by atoms with E-state index in [2.05, 4.69) is 16.4 Å². The summed E-state index contributed by atoms with van der Waals surface area (Å²) in [4.78, 5) is 5.14. The average Bonchev–Trinajstić information content (AvgIpc) is 2.74. The molecule has 0 amide bonds. The van der Waals surface area contributed by atoms with Gasteiger partial charge in [0.1, 0.15) is 0 Å². The highest BCUT2D eigenvalue weighted by molar-refractivity contribution is 7.15. The number of nitrogens with two attached hydrogens (primary N) is 1. The van der Waals surface area contributed by atoms with Crippen LogP contribution in [0.4, 0.5) is 10.8 Å². The SMILES string of the molecule is COCc1cccc(NCc2cnc(N)s2)c1. The Morgan fingerprint density at radius 2 is 2.35 bits per heavy atom. The first-order valence-corrected chi connectivity index (χ1v) is 6.11. The Bertz CT molecular complexity index is 484. The van der Waals surface area contributed by atoms with Crippen molar-refractivity contribution in [1.29, 1.82) is 0 Å². The number of hydrogen-bond acceptors (Lipinski definition) is 5. The number of benzene rings is 1. The lowest BCUT2D eigenvalue weighted by molar-refractivity contribution is 0.185. The van der Waals surface area contributed by atoms with Crippen LogP contribution in [0.2, 0.25) is 0 Å². The number of anilines is 2. The van der Waals surface area contributed by atoms with Gasteiger partial charge < -0.3 is 15.8 Å². The molecule has 0 bridgehead atoms. The van der Waals surface area contributed by atoms with Crippen LogP contribution >= 0.6 is 11.3 Å². The van der Waals surface area contributed by atoms with E-state index in [0.29, 0.717) is 11.7 Å². The maximum absolute atomic E-state index is 5.57. The van der Waals surface area contributed by atoms with E-state index in [1.165, 1.54) is 11.3 Å². The summed E-state index contributed by atoms with van der Waals surface area (Å²) in [6.07, 6.45) is 1.80. The summed E-state index contributed by atoms with van der Waals surface area (Å²) < 4.78 is 5.10. The third-order valence-corrected chi connectivity index (χ3v) is 3.10. The molecule has 1 aromatic carbocycles. The molecule has 0 spiro atoms. The normalized spacial score (nSPS) is 10.4. The van der Waals surface area contributed by atoms with Gasteiger partial charge in [-0.15, -0.1) is 11.3 Å². The van der Waals surface area contributed by atoms with Crippen LogP contribution in [0.3, 0.4) is 0 Å². The summed E-state index contributed by atoms with van der Waals surface area (Å²) in [5, 5.41) is 3.94. The molecular formula is C12H15N3OS. The Morgan fingerprint density at radius 1 is 1.47 bits per heavy atom. The van der Waals surface area contributed by atoms with Crippen molar-refractivity contribution >= 4 is 22.2 Å². The molecule has 0 radical (unpaired) electrons. The van der Waals surface area contributed by atoms with E-state index in [-0.39, 0.29) is 0 Å². The minimum atomic E-state index is 0.606. The van der Waals surface area contributed by atoms with Gasteiger partial charge >= 0.3 is 0 Å². The lowest BCUT2D eigenvalue weighted by atomic mass is 10.2. The van der Waals surface area contributed by atoms with Gasteiger partial charge in [-0.3, -0.25) is 0 Å². The zero-order valence-corrected chi connectivity index (χ0v) is 10.5. The van der Waals surface area contributed by atoms with Crippen molar-refractivity contribution in [2.24, 2.45) is 0 Å². The highest BCUT2D eigenvalue weighted by Gasteiger charge is 1.99. The first-order valence-electron chi connectivity index (χ1n) is 5.30. The Kier molecular flexibility index (Phi) is 3.95. The van der Waals surface area contributed by atoms with Gasteiger partial charge in [0.15, 0.2) is 5.13 Å². The molecule has 0 aliphatic heterocycles. The summed E-state index contributed by atoms with van der Waals surface area (Å²) in [5.74, 6) is 0. The van der Waals surface area contributed by atoms with Crippen LogP contribution in [0.25, 0.3) is 0 Å². The molecule has 5 heteroatoms.